The molecule has 10 aromatic carbocycles. The maximum atomic E-state index is 6.75. The highest BCUT2D eigenvalue weighted by atomic mass is 16.3. The van der Waals surface area contributed by atoms with E-state index < -0.39 is 0 Å². The van der Waals surface area contributed by atoms with E-state index in [-0.39, 0.29) is 5.41 Å². The fourth-order valence-electron chi connectivity index (χ4n) is 10.5. The standard InChI is InChI=1S/C59H40N2O2/c1-59(2)47-35-51(60(37-19-5-3-6-20-37)49-31-17-29-45-41-25-13-15-33-53(41)62-57(45)49)39-23-9-11-27-43(39)55(47)56-44-28-12-10-24-40(44)52(36-48(56)59)61(38-21-7-4-8-22-38)50-32-18-30-46-42-26-14-16-34-54(42)63-58(46)50/h3-36H,1-2H3. The molecule has 0 N–H and O–H groups in total. The van der Waals surface area contributed by atoms with Crippen molar-refractivity contribution in [3.8, 4) is 11.1 Å². The summed E-state index contributed by atoms with van der Waals surface area (Å²) in [5.74, 6) is 0. The second-order valence-electron chi connectivity index (χ2n) is 17.2. The smallest absolute Gasteiger partial charge is 0.159 e. The molecule has 63 heavy (non-hydrogen) atoms. The van der Waals surface area contributed by atoms with Gasteiger partial charge in [-0.05, 0) is 93.7 Å². The average molecular weight is 809 g/mol. The van der Waals surface area contributed by atoms with Crippen LogP contribution in [-0.2, 0) is 5.41 Å². The quantitative estimate of drug-likeness (QED) is 0.168. The van der Waals surface area contributed by atoms with Crippen LogP contribution in [0.2, 0.25) is 0 Å². The monoisotopic (exact) mass is 808 g/mol. The van der Waals surface area contributed by atoms with Gasteiger partial charge in [0.25, 0.3) is 0 Å². The van der Waals surface area contributed by atoms with E-state index >= 15 is 0 Å². The maximum absolute atomic E-state index is 6.75. The Morgan fingerprint density at radius 1 is 0.317 bits per heavy atom. The second kappa shape index (κ2) is 13.5. The van der Waals surface area contributed by atoms with Crippen molar-refractivity contribution < 1.29 is 8.83 Å². The van der Waals surface area contributed by atoms with E-state index in [0.29, 0.717) is 0 Å². The van der Waals surface area contributed by atoms with Crippen molar-refractivity contribution in [3.63, 3.8) is 0 Å². The van der Waals surface area contributed by atoms with Crippen molar-refractivity contribution in [2.75, 3.05) is 9.80 Å². The molecule has 13 rings (SSSR count). The second-order valence-corrected chi connectivity index (χ2v) is 17.2. The van der Waals surface area contributed by atoms with E-state index in [1.54, 1.807) is 0 Å². The third kappa shape index (κ3) is 5.15. The molecular formula is C59H40N2O2. The van der Waals surface area contributed by atoms with E-state index in [1.165, 1.54) is 43.8 Å². The predicted octanol–water partition coefficient (Wildman–Crippen LogP) is 17.0. The number of fused-ring (bicyclic) bond motifs is 13. The van der Waals surface area contributed by atoms with Gasteiger partial charge in [0.2, 0.25) is 0 Å². The molecule has 1 aliphatic rings. The van der Waals surface area contributed by atoms with Crippen LogP contribution in [0.5, 0.6) is 0 Å². The number of para-hydroxylation sites is 6. The average Bonchev–Trinajstić information content (AvgIpc) is 3.98. The van der Waals surface area contributed by atoms with Crippen LogP contribution in [0.25, 0.3) is 76.5 Å². The largest absolute Gasteiger partial charge is 0.454 e. The molecule has 0 bridgehead atoms. The van der Waals surface area contributed by atoms with Gasteiger partial charge in [0.15, 0.2) is 11.2 Å². The molecule has 0 amide bonds. The number of furan rings is 2. The van der Waals surface area contributed by atoms with E-state index in [9.17, 15) is 0 Å². The van der Waals surface area contributed by atoms with Crippen LogP contribution in [-0.4, -0.2) is 0 Å². The minimum Gasteiger partial charge on any atom is -0.454 e. The molecule has 0 aliphatic heterocycles. The van der Waals surface area contributed by atoms with Crippen LogP contribution in [0.1, 0.15) is 25.0 Å². The zero-order valence-electron chi connectivity index (χ0n) is 34.8. The Kier molecular flexibility index (Phi) is 7.62. The summed E-state index contributed by atoms with van der Waals surface area (Å²) in [5.41, 5.74) is 14.6. The van der Waals surface area contributed by atoms with E-state index in [4.69, 9.17) is 8.83 Å². The van der Waals surface area contributed by atoms with Crippen LogP contribution in [0.15, 0.2) is 215 Å². The van der Waals surface area contributed by atoms with Crippen LogP contribution >= 0.6 is 0 Å². The summed E-state index contributed by atoms with van der Waals surface area (Å²) in [6, 6.07) is 74.0. The Balaban J connectivity index is 1.09. The first kappa shape index (κ1) is 35.7. The Labute approximate surface area is 364 Å². The topological polar surface area (TPSA) is 32.8 Å². The normalized spacial score (nSPS) is 13.0. The molecule has 0 saturated heterocycles. The fraction of sp³-hybridized carbons (Fsp3) is 0.0508. The van der Waals surface area contributed by atoms with E-state index in [0.717, 1.165) is 78.0 Å². The third-order valence-electron chi connectivity index (χ3n) is 13.4. The Hall–Kier alpha value is -8.08. The maximum Gasteiger partial charge on any atom is 0.159 e. The van der Waals surface area contributed by atoms with Gasteiger partial charge in [-0.1, -0.05) is 159 Å². The molecule has 0 fully saturated rings. The van der Waals surface area contributed by atoms with Gasteiger partial charge in [-0.2, -0.15) is 0 Å². The highest BCUT2D eigenvalue weighted by Gasteiger charge is 2.40. The molecule has 0 atom stereocenters. The van der Waals surface area contributed by atoms with Crippen molar-refractivity contribution in [3.05, 3.63) is 217 Å². The summed E-state index contributed by atoms with van der Waals surface area (Å²) in [4.78, 5) is 4.81. The number of benzene rings is 10. The lowest BCUT2D eigenvalue weighted by Gasteiger charge is -2.30. The summed E-state index contributed by atoms with van der Waals surface area (Å²) >= 11 is 0. The highest BCUT2D eigenvalue weighted by Crippen LogP contribution is 2.59. The number of anilines is 6. The highest BCUT2D eigenvalue weighted by molar-refractivity contribution is 6.19. The molecule has 4 nitrogen and oxygen atoms in total. The van der Waals surface area contributed by atoms with Gasteiger partial charge in [0.05, 0.1) is 22.7 Å². The van der Waals surface area contributed by atoms with Crippen molar-refractivity contribution in [2.24, 2.45) is 0 Å². The van der Waals surface area contributed by atoms with Gasteiger partial charge in [0.1, 0.15) is 11.2 Å². The Morgan fingerprint density at radius 3 is 1.10 bits per heavy atom. The summed E-state index contributed by atoms with van der Waals surface area (Å²) < 4.78 is 13.5. The summed E-state index contributed by atoms with van der Waals surface area (Å²) in [6.07, 6.45) is 0. The third-order valence-corrected chi connectivity index (χ3v) is 13.4. The molecule has 298 valence electrons. The number of nitrogens with zero attached hydrogens (tertiary/aromatic N) is 2. The number of rotatable bonds is 6. The van der Waals surface area contributed by atoms with Crippen LogP contribution in [0, 0.1) is 0 Å². The number of hydrogen-bond donors (Lipinski definition) is 0. The van der Waals surface area contributed by atoms with Crippen LogP contribution in [0.3, 0.4) is 0 Å². The Bertz CT molecular complexity index is 3540. The first-order chi connectivity index (χ1) is 31.0. The first-order valence-corrected chi connectivity index (χ1v) is 21.7. The van der Waals surface area contributed by atoms with Gasteiger partial charge < -0.3 is 18.6 Å². The SMILES string of the molecule is CC1(C)c2cc(N(c3ccccc3)c3cccc4c3oc3ccccc34)c3ccccc3c2-c2c1cc(N(c1ccccc1)c1cccc3c1oc1ccccc13)c1ccccc21. The molecule has 12 aromatic rings. The van der Waals surface area contributed by atoms with Crippen molar-refractivity contribution in [1.29, 1.82) is 0 Å². The van der Waals surface area contributed by atoms with Gasteiger partial charge >= 0.3 is 0 Å². The molecule has 0 saturated carbocycles. The molecule has 0 radical (unpaired) electrons. The van der Waals surface area contributed by atoms with E-state index in [2.05, 4.69) is 218 Å². The molecule has 1 aliphatic carbocycles. The van der Waals surface area contributed by atoms with Crippen LogP contribution < -0.4 is 9.80 Å². The zero-order chi connectivity index (χ0) is 41.8. The zero-order valence-corrected chi connectivity index (χ0v) is 34.8. The van der Waals surface area contributed by atoms with Crippen molar-refractivity contribution >= 4 is 99.5 Å². The predicted molar refractivity (Wildman–Crippen MR) is 263 cm³/mol. The molecular weight excluding hydrogens is 769 g/mol. The van der Waals surface area contributed by atoms with E-state index in [1.807, 2.05) is 12.1 Å². The van der Waals surface area contributed by atoms with Crippen molar-refractivity contribution in [1.82, 2.24) is 0 Å². The molecule has 2 heterocycles. The number of hydrogen-bond acceptors (Lipinski definition) is 4. The minimum atomic E-state index is -0.385. The lowest BCUT2D eigenvalue weighted by molar-refractivity contribution is 0.661. The van der Waals surface area contributed by atoms with Gasteiger partial charge in [-0.15, -0.1) is 0 Å². The van der Waals surface area contributed by atoms with Crippen LogP contribution in [0.4, 0.5) is 34.1 Å². The summed E-state index contributed by atoms with van der Waals surface area (Å²) in [7, 11) is 0. The summed E-state index contributed by atoms with van der Waals surface area (Å²) in [5, 5.41) is 9.21. The molecule has 0 unspecified atom stereocenters. The van der Waals surface area contributed by atoms with Gasteiger partial charge in [0, 0.05) is 49.1 Å². The Morgan fingerprint density at radius 2 is 0.667 bits per heavy atom. The minimum absolute atomic E-state index is 0.385. The lowest BCUT2D eigenvalue weighted by Crippen LogP contribution is -2.18. The molecule has 2 aromatic heterocycles. The lowest BCUT2D eigenvalue weighted by atomic mass is 9.81. The van der Waals surface area contributed by atoms with Crippen molar-refractivity contribution in [2.45, 2.75) is 19.3 Å². The van der Waals surface area contributed by atoms with Gasteiger partial charge in [-0.3, -0.25) is 0 Å². The van der Waals surface area contributed by atoms with Gasteiger partial charge in [-0.25, -0.2) is 0 Å². The molecule has 0 spiro atoms. The first-order valence-electron chi connectivity index (χ1n) is 21.7. The molecule has 4 heteroatoms. The fourth-order valence-corrected chi connectivity index (χ4v) is 10.5. The summed E-state index contributed by atoms with van der Waals surface area (Å²) in [6.45, 7) is 4.79.